The summed E-state index contributed by atoms with van der Waals surface area (Å²) in [6, 6.07) is -0.713. The van der Waals surface area contributed by atoms with Crippen LogP contribution in [0, 0.1) is 0 Å². The van der Waals surface area contributed by atoms with Crippen molar-refractivity contribution in [2.24, 2.45) is 0 Å². The highest BCUT2D eigenvalue weighted by molar-refractivity contribution is 5.77. The molecule has 6 nitrogen and oxygen atoms in total. The molecule has 0 aliphatic carbocycles. The van der Waals surface area contributed by atoms with E-state index in [1.165, 1.54) is 96.3 Å². The Morgan fingerprint density at radius 1 is 0.500 bits per heavy atom. The van der Waals surface area contributed by atoms with Crippen LogP contribution in [0.15, 0.2) is 60.8 Å². The van der Waals surface area contributed by atoms with Crippen molar-refractivity contribution in [1.29, 1.82) is 0 Å². The number of esters is 1. The van der Waals surface area contributed by atoms with Crippen molar-refractivity contribution >= 4 is 11.9 Å². The van der Waals surface area contributed by atoms with Crippen molar-refractivity contribution in [3.05, 3.63) is 60.8 Å². The van der Waals surface area contributed by atoms with Gasteiger partial charge >= 0.3 is 5.97 Å². The molecule has 0 aliphatic rings. The number of ether oxygens (including phenoxy) is 1. The van der Waals surface area contributed by atoms with Gasteiger partial charge in [0.2, 0.25) is 5.91 Å². The summed E-state index contributed by atoms with van der Waals surface area (Å²) in [5.41, 5.74) is 0. The lowest BCUT2D eigenvalue weighted by molar-refractivity contribution is -0.151. The van der Waals surface area contributed by atoms with Crippen molar-refractivity contribution in [2.75, 3.05) is 6.61 Å². The van der Waals surface area contributed by atoms with Crippen molar-refractivity contribution in [1.82, 2.24) is 5.32 Å². The first-order valence-corrected chi connectivity index (χ1v) is 25.5. The molecule has 3 atom stereocenters. The fourth-order valence-corrected chi connectivity index (χ4v) is 7.46. The molecule has 0 saturated heterocycles. The highest BCUT2D eigenvalue weighted by atomic mass is 16.5. The van der Waals surface area contributed by atoms with Crippen molar-refractivity contribution < 1.29 is 24.5 Å². The third kappa shape index (κ3) is 42.3. The first-order valence-electron chi connectivity index (χ1n) is 25.5. The van der Waals surface area contributed by atoms with Crippen LogP contribution < -0.4 is 5.32 Å². The van der Waals surface area contributed by atoms with Gasteiger partial charge < -0.3 is 20.3 Å². The van der Waals surface area contributed by atoms with E-state index in [4.69, 9.17) is 4.74 Å². The second kappa shape index (κ2) is 47.6. The summed E-state index contributed by atoms with van der Waals surface area (Å²) < 4.78 is 5.89. The van der Waals surface area contributed by atoms with Crippen molar-refractivity contribution in [3.63, 3.8) is 0 Å². The normalized spacial score (nSPS) is 13.8. The van der Waals surface area contributed by atoms with Gasteiger partial charge in [-0.1, -0.05) is 210 Å². The molecule has 0 heterocycles. The van der Waals surface area contributed by atoms with Gasteiger partial charge in [-0.15, -0.1) is 0 Å². The third-order valence-electron chi connectivity index (χ3n) is 11.3. The van der Waals surface area contributed by atoms with Crippen LogP contribution in [0.3, 0.4) is 0 Å². The smallest absolute Gasteiger partial charge is 0.306 e. The summed E-state index contributed by atoms with van der Waals surface area (Å²) in [6.45, 7) is 6.32. The molecule has 348 valence electrons. The molecule has 0 fully saturated rings. The zero-order chi connectivity index (χ0) is 43.8. The maximum absolute atomic E-state index is 13.2. The SMILES string of the molecule is CC/C=C/C/C=C/C/C=C/C/C=C/CCCCCC(=O)OC(CCCCC/C=C\CCCC)CC(=O)NC(CO)C(O)CCCCCCCCCCCCCCCCCC. The molecule has 0 bridgehead atoms. The molecule has 0 saturated carbocycles. The fourth-order valence-electron chi connectivity index (χ4n) is 7.46. The van der Waals surface area contributed by atoms with E-state index in [9.17, 15) is 19.8 Å². The summed E-state index contributed by atoms with van der Waals surface area (Å²) in [5, 5.41) is 23.7. The highest BCUT2D eigenvalue weighted by Crippen LogP contribution is 2.17. The van der Waals surface area contributed by atoms with Gasteiger partial charge in [-0.25, -0.2) is 0 Å². The van der Waals surface area contributed by atoms with E-state index >= 15 is 0 Å². The van der Waals surface area contributed by atoms with E-state index < -0.39 is 18.2 Å². The molecule has 0 aromatic rings. The Labute approximate surface area is 371 Å². The number of rotatable bonds is 45. The predicted molar refractivity (Wildman–Crippen MR) is 259 cm³/mol. The van der Waals surface area contributed by atoms with Crippen LogP contribution in [-0.4, -0.2) is 46.9 Å². The van der Waals surface area contributed by atoms with Gasteiger partial charge in [0.25, 0.3) is 0 Å². The lowest BCUT2D eigenvalue weighted by Gasteiger charge is -2.24. The van der Waals surface area contributed by atoms with Crippen LogP contribution >= 0.6 is 0 Å². The minimum Gasteiger partial charge on any atom is -0.462 e. The molecule has 3 unspecified atom stereocenters. The third-order valence-corrected chi connectivity index (χ3v) is 11.3. The molecule has 1 amide bonds. The molecule has 0 rings (SSSR count). The Hall–Kier alpha value is -2.44. The topological polar surface area (TPSA) is 95.9 Å². The fraction of sp³-hybridized carbons (Fsp3) is 0.778. The van der Waals surface area contributed by atoms with Crippen LogP contribution in [0.4, 0.5) is 0 Å². The molecule has 0 radical (unpaired) electrons. The summed E-state index contributed by atoms with van der Waals surface area (Å²) in [6.07, 6.45) is 58.6. The first kappa shape index (κ1) is 57.6. The van der Waals surface area contributed by atoms with Gasteiger partial charge in [-0.05, 0) is 83.5 Å². The van der Waals surface area contributed by atoms with E-state index in [2.05, 4.69) is 86.8 Å². The number of carbonyl (C=O) groups is 2. The molecular formula is C54H97NO5. The largest absolute Gasteiger partial charge is 0.462 e. The van der Waals surface area contributed by atoms with Gasteiger partial charge in [0.15, 0.2) is 0 Å². The molecule has 0 aliphatic heterocycles. The molecule has 6 heteroatoms. The number of hydrogen-bond acceptors (Lipinski definition) is 5. The molecular weight excluding hydrogens is 743 g/mol. The Kier molecular flexibility index (Phi) is 45.7. The van der Waals surface area contributed by atoms with Crippen molar-refractivity contribution in [3.8, 4) is 0 Å². The van der Waals surface area contributed by atoms with Crippen LogP contribution in [0.1, 0.15) is 245 Å². The lowest BCUT2D eigenvalue weighted by Crippen LogP contribution is -2.46. The average molecular weight is 840 g/mol. The molecule has 60 heavy (non-hydrogen) atoms. The van der Waals surface area contributed by atoms with Crippen LogP contribution in [0.25, 0.3) is 0 Å². The minimum absolute atomic E-state index is 0.0523. The summed E-state index contributed by atoms with van der Waals surface area (Å²) >= 11 is 0. The number of allylic oxidation sites excluding steroid dienone is 10. The zero-order valence-electron chi connectivity index (χ0n) is 39.6. The Balaban J connectivity index is 4.50. The van der Waals surface area contributed by atoms with Gasteiger partial charge in [0.05, 0.1) is 25.2 Å². The van der Waals surface area contributed by atoms with E-state index in [1.807, 2.05) is 0 Å². The summed E-state index contributed by atoms with van der Waals surface area (Å²) in [5.74, 6) is -0.528. The number of aliphatic hydroxyl groups is 2. The maximum atomic E-state index is 13.2. The number of carbonyl (C=O) groups excluding carboxylic acids is 2. The number of amides is 1. The average Bonchev–Trinajstić information content (AvgIpc) is 3.24. The number of aliphatic hydroxyl groups excluding tert-OH is 2. The van der Waals surface area contributed by atoms with Gasteiger partial charge in [0, 0.05) is 6.42 Å². The number of hydrogen-bond donors (Lipinski definition) is 3. The summed E-state index contributed by atoms with van der Waals surface area (Å²) in [4.78, 5) is 26.0. The Morgan fingerprint density at radius 3 is 1.43 bits per heavy atom. The van der Waals surface area contributed by atoms with E-state index in [1.54, 1.807) is 0 Å². The van der Waals surface area contributed by atoms with Gasteiger partial charge in [-0.3, -0.25) is 9.59 Å². The van der Waals surface area contributed by atoms with E-state index in [0.29, 0.717) is 19.3 Å². The highest BCUT2D eigenvalue weighted by Gasteiger charge is 2.24. The maximum Gasteiger partial charge on any atom is 0.306 e. The molecule has 0 aromatic heterocycles. The quantitative estimate of drug-likeness (QED) is 0.0322. The van der Waals surface area contributed by atoms with Crippen LogP contribution in [0.2, 0.25) is 0 Å². The monoisotopic (exact) mass is 840 g/mol. The van der Waals surface area contributed by atoms with Crippen molar-refractivity contribution in [2.45, 2.75) is 264 Å². The van der Waals surface area contributed by atoms with Crippen LogP contribution in [0.5, 0.6) is 0 Å². The molecule has 0 spiro atoms. The number of nitrogens with one attached hydrogen (secondary N) is 1. The molecule has 3 N–H and O–H groups in total. The predicted octanol–water partition coefficient (Wildman–Crippen LogP) is 15.2. The standard InChI is InChI=1S/C54H97NO5/c1-4-7-10-13-16-19-21-23-25-27-29-31-34-37-40-43-46-52(57)51(49-56)55-53(58)48-50(45-42-39-36-33-18-15-12-9-6-3)60-54(59)47-44-41-38-35-32-30-28-26-24-22-20-17-14-11-8-5-2/h8,11,15,17-18,20,24,26,30,32,50-52,56-57H,4-7,9-10,12-14,16,19,21-23,25,27-29,31,33-49H2,1-3H3,(H,55,58)/b11-8+,18-15-,20-17+,26-24+,32-30+. The minimum atomic E-state index is -0.798. The zero-order valence-corrected chi connectivity index (χ0v) is 39.6. The van der Waals surface area contributed by atoms with Gasteiger partial charge in [-0.2, -0.15) is 0 Å². The van der Waals surface area contributed by atoms with Crippen LogP contribution in [-0.2, 0) is 14.3 Å². The first-order chi connectivity index (χ1) is 29.5. The second-order valence-corrected chi connectivity index (χ2v) is 17.2. The Morgan fingerprint density at radius 2 is 0.917 bits per heavy atom. The van der Waals surface area contributed by atoms with E-state index in [-0.39, 0.29) is 24.9 Å². The molecule has 0 aromatic carbocycles. The lowest BCUT2D eigenvalue weighted by atomic mass is 10.0. The summed E-state index contributed by atoms with van der Waals surface area (Å²) in [7, 11) is 0. The Bertz CT molecular complexity index is 1080. The van der Waals surface area contributed by atoms with E-state index in [0.717, 1.165) is 103 Å². The van der Waals surface area contributed by atoms with Gasteiger partial charge in [0.1, 0.15) is 6.10 Å². The number of unbranched alkanes of at least 4 members (excludes halogenated alkanes) is 23. The second-order valence-electron chi connectivity index (χ2n) is 17.2.